The second-order valence-electron chi connectivity index (χ2n) is 5.90. The van der Waals surface area contributed by atoms with E-state index in [1.54, 1.807) is 12.5 Å². The molecule has 132 valence electrons. The Hall–Kier alpha value is -2.45. The van der Waals surface area contributed by atoms with E-state index in [-0.39, 0.29) is 31.8 Å². The molecule has 2 aromatic rings. The normalized spacial score (nSPS) is 16.5. The van der Waals surface area contributed by atoms with E-state index in [1.165, 1.54) is 16.2 Å². The van der Waals surface area contributed by atoms with Crippen molar-refractivity contribution in [2.45, 2.75) is 18.4 Å². The highest BCUT2D eigenvalue weighted by molar-refractivity contribution is 7.13. The number of nitrogens with zero attached hydrogens (tertiary/aromatic N) is 2. The van der Waals surface area contributed by atoms with Gasteiger partial charge in [0.1, 0.15) is 16.5 Å². The third kappa shape index (κ3) is 3.49. The summed E-state index contributed by atoms with van der Waals surface area (Å²) in [5, 5.41) is 21.4. The van der Waals surface area contributed by atoms with Crippen LogP contribution in [0.2, 0.25) is 0 Å². The van der Waals surface area contributed by atoms with Crippen LogP contribution in [0, 0.1) is 0 Å². The van der Waals surface area contributed by atoms with Crippen LogP contribution >= 0.6 is 11.3 Å². The van der Waals surface area contributed by atoms with E-state index in [9.17, 15) is 14.7 Å². The number of piperidine rings is 1. The number of aliphatic hydroxyl groups is 1. The van der Waals surface area contributed by atoms with Gasteiger partial charge in [-0.05, 0) is 24.3 Å². The standard InChI is InChI=1S/C17H18N2O5S/c1-24-12-4-2-11(3-5-12)14-18-13(10-25-14)15(20)19-8-6-17(23,7-9-19)16(21)22/h2-5,10,23H,6-9H2,1H3,(H,21,22). The van der Waals surface area contributed by atoms with Gasteiger partial charge in [0.2, 0.25) is 0 Å². The zero-order valence-corrected chi connectivity index (χ0v) is 14.5. The Morgan fingerprint density at radius 2 is 1.88 bits per heavy atom. The molecule has 0 aliphatic carbocycles. The predicted octanol–water partition coefficient (Wildman–Crippen LogP) is 1.87. The van der Waals surface area contributed by atoms with Crippen LogP contribution in [0.4, 0.5) is 0 Å². The Morgan fingerprint density at radius 1 is 1.24 bits per heavy atom. The SMILES string of the molecule is COc1ccc(-c2nc(C(=O)N3CCC(O)(C(=O)O)CC3)cs2)cc1. The molecule has 8 heteroatoms. The summed E-state index contributed by atoms with van der Waals surface area (Å²) < 4.78 is 5.12. The smallest absolute Gasteiger partial charge is 0.335 e. The summed E-state index contributed by atoms with van der Waals surface area (Å²) in [4.78, 5) is 29.5. The number of hydrogen-bond donors (Lipinski definition) is 2. The van der Waals surface area contributed by atoms with Crippen LogP contribution < -0.4 is 4.74 Å². The summed E-state index contributed by atoms with van der Waals surface area (Å²) in [6.07, 6.45) is 0.0348. The number of benzene rings is 1. The van der Waals surface area contributed by atoms with Gasteiger partial charge < -0.3 is 19.8 Å². The van der Waals surface area contributed by atoms with E-state index in [0.29, 0.717) is 5.69 Å². The van der Waals surface area contributed by atoms with Crippen molar-refractivity contribution in [3.8, 4) is 16.3 Å². The number of rotatable bonds is 4. The molecule has 0 bridgehead atoms. The highest BCUT2D eigenvalue weighted by Gasteiger charge is 2.40. The Balaban J connectivity index is 1.70. The molecule has 7 nitrogen and oxygen atoms in total. The van der Waals surface area contributed by atoms with Crippen molar-refractivity contribution in [3.05, 3.63) is 35.3 Å². The number of aromatic nitrogens is 1. The summed E-state index contributed by atoms with van der Waals surface area (Å²) in [7, 11) is 1.60. The number of aliphatic carboxylic acids is 1. The lowest BCUT2D eigenvalue weighted by Gasteiger charge is -2.34. The quantitative estimate of drug-likeness (QED) is 0.861. The van der Waals surface area contributed by atoms with Crippen LogP contribution in [-0.2, 0) is 4.79 Å². The molecular weight excluding hydrogens is 344 g/mol. The Kier molecular flexibility index (Phi) is 4.73. The molecule has 1 aromatic heterocycles. The molecule has 0 saturated carbocycles. The summed E-state index contributed by atoms with van der Waals surface area (Å²) in [6, 6.07) is 7.41. The van der Waals surface area contributed by atoms with Crippen LogP contribution in [0.3, 0.4) is 0 Å². The molecular formula is C17H18N2O5S. The number of ether oxygens (including phenoxy) is 1. The van der Waals surface area contributed by atoms with Crippen molar-refractivity contribution in [2.24, 2.45) is 0 Å². The molecule has 1 aliphatic rings. The fourth-order valence-corrected chi connectivity index (χ4v) is 3.49. The fraction of sp³-hybridized carbons (Fsp3) is 0.353. The van der Waals surface area contributed by atoms with E-state index in [1.807, 2.05) is 24.3 Å². The van der Waals surface area contributed by atoms with Crippen molar-refractivity contribution in [3.63, 3.8) is 0 Å². The first-order chi connectivity index (χ1) is 11.9. The van der Waals surface area contributed by atoms with Gasteiger partial charge in [0.25, 0.3) is 5.91 Å². The average molecular weight is 362 g/mol. The van der Waals surface area contributed by atoms with Crippen LogP contribution in [-0.4, -0.2) is 57.8 Å². The molecule has 0 spiro atoms. The largest absolute Gasteiger partial charge is 0.497 e. The molecule has 1 saturated heterocycles. The van der Waals surface area contributed by atoms with Crippen molar-refractivity contribution >= 4 is 23.2 Å². The molecule has 1 fully saturated rings. The van der Waals surface area contributed by atoms with E-state index >= 15 is 0 Å². The second kappa shape index (κ2) is 6.81. The summed E-state index contributed by atoms with van der Waals surface area (Å²) in [5.74, 6) is -0.741. The number of likely N-dealkylation sites (tertiary alicyclic amines) is 1. The lowest BCUT2D eigenvalue weighted by atomic mass is 9.91. The highest BCUT2D eigenvalue weighted by atomic mass is 32.1. The van der Waals surface area contributed by atoms with Gasteiger partial charge >= 0.3 is 5.97 Å². The lowest BCUT2D eigenvalue weighted by Crippen LogP contribution is -2.50. The van der Waals surface area contributed by atoms with E-state index in [2.05, 4.69) is 4.98 Å². The first-order valence-electron chi connectivity index (χ1n) is 7.78. The monoisotopic (exact) mass is 362 g/mol. The van der Waals surface area contributed by atoms with Crippen molar-refractivity contribution in [1.29, 1.82) is 0 Å². The summed E-state index contributed by atoms with van der Waals surface area (Å²) in [5.41, 5.74) is -0.520. The maximum atomic E-state index is 12.5. The maximum Gasteiger partial charge on any atom is 0.335 e. The van der Waals surface area contributed by atoms with Gasteiger partial charge in [0.15, 0.2) is 5.60 Å². The minimum atomic E-state index is -1.74. The van der Waals surface area contributed by atoms with Crippen molar-refractivity contribution in [2.75, 3.05) is 20.2 Å². The van der Waals surface area contributed by atoms with Crippen LogP contribution in [0.15, 0.2) is 29.6 Å². The molecule has 1 aromatic carbocycles. The number of methoxy groups -OCH3 is 1. The molecule has 0 radical (unpaired) electrons. The summed E-state index contributed by atoms with van der Waals surface area (Å²) >= 11 is 1.37. The molecule has 25 heavy (non-hydrogen) atoms. The van der Waals surface area contributed by atoms with E-state index in [0.717, 1.165) is 16.3 Å². The number of hydrogen-bond acceptors (Lipinski definition) is 6. The van der Waals surface area contributed by atoms with Gasteiger partial charge in [-0.25, -0.2) is 9.78 Å². The summed E-state index contributed by atoms with van der Waals surface area (Å²) in [6.45, 7) is 0.383. The zero-order valence-electron chi connectivity index (χ0n) is 13.6. The first kappa shape index (κ1) is 17.4. The molecule has 2 N–H and O–H groups in total. The van der Waals surface area contributed by atoms with Gasteiger partial charge in [-0.15, -0.1) is 11.3 Å². The highest BCUT2D eigenvalue weighted by Crippen LogP contribution is 2.28. The number of carbonyl (C=O) groups excluding carboxylic acids is 1. The predicted molar refractivity (Wildman–Crippen MR) is 91.8 cm³/mol. The number of amides is 1. The zero-order chi connectivity index (χ0) is 18.0. The molecule has 1 aliphatic heterocycles. The third-order valence-corrected chi connectivity index (χ3v) is 5.23. The molecule has 0 unspecified atom stereocenters. The number of carbonyl (C=O) groups is 2. The number of carboxylic acid groups (broad SMARTS) is 1. The van der Waals surface area contributed by atoms with Gasteiger partial charge in [-0.3, -0.25) is 4.79 Å². The molecule has 1 amide bonds. The van der Waals surface area contributed by atoms with Gasteiger partial charge in [0, 0.05) is 36.9 Å². The first-order valence-corrected chi connectivity index (χ1v) is 8.66. The van der Waals surface area contributed by atoms with Gasteiger partial charge in [0.05, 0.1) is 7.11 Å². The van der Waals surface area contributed by atoms with Gasteiger partial charge in [-0.1, -0.05) is 0 Å². The lowest BCUT2D eigenvalue weighted by molar-refractivity contribution is -0.162. The fourth-order valence-electron chi connectivity index (χ4n) is 2.69. The maximum absolute atomic E-state index is 12.5. The van der Waals surface area contributed by atoms with Crippen LogP contribution in [0.25, 0.3) is 10.6 Å². The minimum Gasteiger partial charge on any atom is -0.497 e. The molecule has 2 heterocycles. The van der Waals surface area contributed by atoms with Crippen molar-refractivity contribution in [1.82, 2.24) is 9.88 Å². The van der Waals surface area contributed by atoms with E-state index in [4.69, 9.17) is 9.84 Å². The van der Waals surface area contributed by atoms with E-state index < -0.39 is 11.6 Å². The number of carboxylic acids is 1. The topological polar surface area (TPSA) is 100.0 Å². The second-order valence-corrected chi connectivity index (χ2v) is 6.75. The average Bonchev–Trinajstić information content (AvgIpc) is 3.12. The molecule has 3 rings (SSSR count). The van der Waals surface area contributed by atoms with Crippen molar-refractivity contribution < 1.29 is 24.5 Å². The Bertz CT molecular complexity index is 779. The van der Waals surface area contributed by atoms with Crippen LogP contribution in [0.5, 0.6) is 5.75 Å². The number of thiazole rings is 1. The molecule has 0 atom stereocenters. The van der Waals surface area contributed by atoms with Gasteiger partial charge in [-0.2, -0.15) is 0 Å². The van der Waals surface area contributed by atoms with Crippen LogP contribution in [0.1, 0.15) is 23.3 Å². The Morgan fingerprint density at radius 3 is 2.44 bits per heavy atom. The third-order valence-electron chi connectivity index (χ3n) is 4.34. The minimum absolute atomic E-state index is 0.0174. The Labute approximate surface area is 148 Å².